The zero-order chi connectivity index (χ0) is 20.7. The largest absolute Gasteiger partial charge is 0.386 e. The molecule has 1 aliphatic rings. The number of anilines is 1. The van der Waals surface area contributed by atoms with Gasteiger partial charge in [0.1, 0.15) is 5.82 Å². The third-order valence-corrected chi connectivity index (χ3v) is 5.41. The lowest BCUT2D eigenvalue weighted by Crippen LogP contribution is -2.22. The van der Waals surface area contributed by atoms with Gasteiger partial charge in [0, 0.05) is 24.6 Å². The van der Waals surface area contributed by atoms with Crippen molar-refractivity contribution < 1.29 is 9.90 Å². The van der Waals surface area contributed by atoms with E-state index < -0.39 is 5.60 Å². The molecule has 1 aromatic carbocycles. The fraction of sp³-hybridized carbons (Fsp3) is 0.565. The summed E-state index contributed by atoms with van der Waals surface area (Å²) in [6.07, 6.45) is 3.94. The molecule has 1 aliphatic carbocycles. The Morgan fingerprint density at radius 2 is 1.79 bits per heavy atom. The predicted molar refractivity (Wildman–Crippen MR) is 113 cm³/mol. The quantitative estimate of drug-likeness (QED) is 0.767. The average Bonchev–Trinajstić information content (AvgIpc) is 2.80. The number of carbonyl (C=O) groups is 1. The van der Waals surface area contributed by atoms with Crippen molar-refractivity contribution in [3.05, 3.63) is 35.4 Å². The van der Waals surface area contributed by atoms with Gasteiger partial charge in [0.2, 0.25) is 5.91 Å². The lowest BCUT2D eigenvalue weighted by molar-refractivity contribution is -0.117. The summed E-state index contributed by atoms with van der Waals surface area (Å²) in [5, 5.41) is 18.1. The van der Waals surface area contributed by atoms with E-state index in [2.05, 4.69) is 26.1 Å². The Bertz CT molecular complexity index is 848. The minimum absolute atomic E-state index is 0.0278. The second-order valence-corrected chi connectivity index (χ2v) is 9.78. The molecule has 1 heterocycles. The fourth-order valence-corrected chi connectivity index (χ4v) is 3.68. The number of hydrogen-bond donors (Lipinski definition) is 2. The van der Waals surface area contributed by atoms with E-state index in [4.69, 9.17) is 5.10 Å². The molecule has 1 aromatic heterocycles. The van der Waals surface area contributed by atoms with Crippen LogP contribution in [0.15, 0.2) is 24.3 Å². The maximum Gasteiger partial charge on any atom is 0.226 e. The summed E-state index contributed by atoms with van der Waals surface area (Å²) in [4.78, 5) is 12.6. The number of aromatic nitrogens is 2. The number of aryl methyl sites for hydroxylation is 1. The van der Waals surface area contributed by atoms with Gasteiger partial charge < -0.3 is 10.4 Å². The highest BCUT2D eigenvalue weighted by molar-refractivity contribution is 5.92. The number of aliphatic hydroxyl groups is 1. The molecule has 152 valence electrons. The van der Waals surface area contributed by atoms with E-state index >= 15 is 0 Å². The van der Waals surface area contributed by atoms with Gasteiger partial charge in [-0.3, -0.25) is 9.48 Å². The number of amides is 1. The molecule has 1 amide bonds. The van der Waals surface area contributed by atoms with Crippen LogP contribution in [-0.4, -0.2) is 20.8 Å². The minimum atomic E-state index is -0.870. The Morgan fingerprint density at radius 1 is 1.18 bits per heavy atom. The van der Waals surface area contributed by atoms with Crippen molar-refractivity contribution >= 4 is 11.7 Å². The molecule has 1 fully saturated rings. The van der Waals surface area contributed by atoms with Crippen LogP contribution in [0.25, 0.3) is 11.3 Å². The lowest BCUT2D eigenvalue weighted by Gasteiger charge is -2.27. The molecule has 1 saturated carbocycles. The Morgan fingerprint density at radius 3 is 2.25 bits per heavy atom. The van der Waals surface area contributed by atoms with Crippen molar-refractivity contribution in [3.8, 4) is 11.3 Å². The van der Waals surface area contributed by atoms with Gasteiger partial charge in [0.15, 0.2) is 0 Å². The molecule has 3 rings (SSSR count). The molecule has 5 nitrogen and oxygen atoms in total. The Kier molecular flexibility index (Phi) is 5.41. The summed E-state index contributed by atoms with van der Waals surface area (Å²) in [6, 6.07) is 7.93. The van der Waals surface area contributed by atoms with Crippen LogP contribution in [0.1, 0.15) is 77.3 Å². The van der Waals surface area contributed by atoms with E-state index in [1.807, 2.05) is 31.3 Å². The first-order valence-electron chi connectivity index (χ1n) is 10.2. The highest BCUT2D eigenvalue weighted by Crippen LogP contribution is 2.45. The summed E-state index contributed by atoms with van der Waals surface area (Å²) in [6.45, 7) is 9.77. The van der Waals surface area contributed by atoms with Crippen molar-refractivity contribution in [2.24, 2.45) is 12.5 Å². The molecule has 2 N–H and O–H groups in total. The van der Waals surface area contributed by atoms with Crippen LogP contribution in [0, 0.1) is 5.41 Å². The number of benzene rings is 1. The summed E-state index contributed by atoms with van der Waals surface area (Å²) >= 11 is 0. The molecule has 0 unspecified atom stereocenters. The van der Waals surface area contributed by atoms with Gasteiger partial charge in [-0.15, -0.1) is 0 Å². The third kappa shape index (κ3) is 4.46. The van der Waals surface area contributed by atoms with Gasteiger partial charge >= 0.3 is 0 Å². The molecular weight excluding hydrogens is 350 g/mol. The second kappa shape index (κ2) is 7.36. The first-order valence-corrected chi connectivity index (χ1v) is 10.2. The Balaban J connectivity index is 1.97. The summed E-state index contributed by atoms with van der Waals surface area (Å²) in [5.74, 6) is 1.28. The van der Waals surface area contributed by atoms with Crippen molar-refractivity contribution in [1.82, 2.24) is 9.78 Å². The number of hydrogen-bond acceptors (Lipinski definition) is 3. The average molecular weight is 384 g/mol. The highest BCUT2D eigenvalue weighted by atomic mass is 16.3. The van der Waals surface area contributed by atoms with Crippen LogP contribution in [0.2, 0.25) is 0 Å². The molecule has 28 heavy (non-hydrogen) atoms. The maximum absolute atomic E-state index is 12.6. The zero-order valence-corrected chi connectivity index (χ0v) is 18.0. The van der Waals surface area contributed by atoms with E-state index in [0.29, 0.717) is 12.3 Å². The normalized spacial score (nSPS) is 15.4. The van der Waals surface area contributed by atoms with Crippen LogP contribution in [0.4, 0.5) is 5.82 Å². The Hall–Kier alpha value is -2.14. The van der Waals surface area contributed by atoms with Crippen LogP contribution >= 0.6 is 0 Å². The number of nitrogens with one attached hydrogen (secondary N) is 1. The van der Waals surface area contributed by atoms with E-state index in [1.165, 1.54) is 6.42 Å². The zero-order valence-electron chi connectivity index (χ0n) is 18.0. The first kappa shape index (κ1) is 20.6. The molecule has 0 spiro atoms. The number of carbonyl (C=O) groups excluding carboxylic acids is 1. The molecule has 0 aliphatic heterocycles. The standard InChI is InChI=1S/C23H33N3O2/c1-22(2,3)14-18(27)24-21-19(15-8-7-9-15)20(25-26(21)6)16-10-12-17(13-11-16)23(4,5)28/h10-13,15,28H,7-9,14H2,1-6H3,(H,24,27). The van der Waals surface area contributed by atoms with Crippen molar-refractivity contribution in [2.45, 2.75) is 71.8 Å². The van der Waals surface area contributed by atoms with Gasteiger partial charge in [0.05, 0.1) is 11.3 Å². The number of rotatable bonds is 5. The Labute approximate surface area is 168 Å². The van der Waals surface area contributed by atoms with Gasteiger partial charge in [-0.1, -0.05) is 51.5 Å². The van der Waals surface area contributed by atoms with Gasteiger partial charge in [-0.2, -0.15) is 5.10 Å². The van der Waals surface area contributed by atoms with E-state index in [0.717, 1.165) is 41.0 Å². The minimum Gasteiger partial charge on any atom is -0.386 e. The van der Waals surface area contributed by atoms with Crippen LogP contribution < -0.4 is 5.32 Å². The lowest BCUT2D eigenvalue weighted by atomic mass is 9.78. The van der Waals surface area contributed by atoms with Crippen LogP contribution in [-0.2, 0) is 17.4 Å². The summed E-state index contributed by atoms with van der Waals surface area (Å²) in [7, 11) is 1.89. The van der Waals surface area contributed by atoms with Gasteiger partial charge in [0.25, 0.3) is 0 Å². The number of nitrogens with zero attached hydrogens (tertiary/aromatic N) is 2. The molecule has 0 radical (unpaired) electrons. The maximum atomic E-state index is 12.6. The summed E-state index contributed by atoms with van der Waals surface area (Å²) < 4.78 is 1.80. The van der Waals surface area contributed by atoms with E-state index in [1.54, 1.807) is 18.5 Å². The molecule has 0 saturated heterocycles. The van der Waals surface area contributed by atoms with Crippen molar-refractivity contribution in [2.75, 3.05) is 5.32 Å². The SMILES string of the molecule is Cn1nc(-c2ccc(C(C)(C)O)cc2)c(C2CCC2)c1NC(=O)CC(C)(C)C. The monoisotopic (exact) mass is 383 g/mol. The smallest absolute Gasteiger partial charge is 0.226 e. The first-order chi connectivity index (χ1) is 13.0. The molecule has 0 bridgehead atoms. The molecule has 5 heteroatoms. The molecular formula is C23H33N3O2. The van der Waals surface area contributed by atoms with Crippen LogP contribution in [0.5, 0.6) is 0 Å². The summed E-state index contributed by atoms with van der Waals surface area (Å²) in [5.41, 5.74) is 3.03. The topological polar surface area (TPSA) is 67.2 Å². The van der Waals surface area contributed by atoms with Crippen molar-refractivity contribution in [3.63, 3.8) is 0 Å². The highest BCUT2D eigenvalue weighted by Gasteiger charge is 2.30. The molecule has 2 aromatic rings. The molecule has 0 atom stereocenters. The predicted octanol–water partition coefficient (Wildman–Crippen LogP) is 4.96. The van der Waals surface area contributed by atoms with Crippen LogP contribution in [0.3, 0.4) is 0 Å². The van der Waals surface area contributed by atoms with Crippen molar-refractivity contribution in [1.29, 1.82) is 0 Å². The van der Waals surface area contributed by atoms with Gasteiger partial charge in [-0.05, 0) is 43.6 Å². The van der Waals surface area contributed by atoms with Gasteiger partial charge in [-0.25, -0.2) is 0 Å². The van der Waals surface area contributed by atoms with E-state index in [-0.39, 0.29) is 11.3 Å². The third-order valence-electron chi connectivity index (χ3n) is 5.41. The fourth-order valence-electron chi connectivity index (χ4n) is 3.68. The van der Waals surface area contributed by atoms with E-state index in [9.17, 15) is 9.90 Å². The second-order valence-electron chi connectivity index (χ2n) is 9.78.